The molecule has 0 saturated carbocycles. The highest BCUT2D eigenvalue weighted by molar-refractivity contribution is 5.20. The van der Waals surface area contributed by atoms with Crippen molar-refractivity contribution in [2.24, 2.45) is 11.7 Å². The fraction of sp³-hybridized carbons (Fsp3) is 0.625. The Morgan fingerprint density at radius 3 is 2.63 bits per heavy atom. The number of hydrogen-bond donors (Lipinski definition) is 1. The van der Waals surface area contributed by atoms with Crippen molar-refractivity contribution >= 4 is 0 Å². The minimum atomic E-state index is -0.166. The maximum Gasteiger partial charge on any atom is 0.123 e. The van der Waals surface area contributed by atoms with Gasteiger partial charge in [-0.25, -0.2) is 4.39 Å². The van der Waals surface area contributed by atoms with E-state index >= 15 is 0 Å². The van der Waals surface area contributed by atoms with Gasteiger partial charge in [0.05, 0.1) is 0 Å². The number of nitrogens with two attached hydrogens (primary N) is 1. The Labute approximate surface area is 115 Å². The number of hydrogen-bond acceptors (Lipinski definition) is 2. The van der Waals surface area contributed by atoms with Crippen molar-refractivity contribution in [2.45, 2.75) is 45.2 Å². The number of rotatable bonds is 4. The largest absolute Gasteiger partial charge is 0.329 e. The summed E-state index contributed by atoms with van der Waals surface area (Å²) < 4.78 is 13.1. The molecule has 1 aromatic carbocycles. The van der Waals surface area contributed by atoms with E-state index in [1.54, 1.807) is 12.1 Å². The molecule has 1 aliphatic rings. The van der Waals surface area contributed by atoms with Gasteiger partial charge in [0.2, 0.25) is 0 Å². The van der Waals surface area contributed by atoms with Gasteiger partial charge in [0, 0.05) is 18.6 Å². The standard InChI is InChI=1S/C16H25FN2/c1-3-16(13-4-6-14(17)7-5-13)19-9-8-12(2)10-15(19)11-18/h4-7,12,15-16H,3,8-11,18H2,1-2H3. The summed E-state index contributed by atoms with van der Waals surface area (Å²) in [6.07, 6.45) is 3.44. The highest BCUT2D eigenvalue weighted by Gasteiger charge is 2.30. The Morgan fingerprint density at radius 1 is 1.37 bits per heavy atom. The summed E-state index contributed by atoms with van der Waals surface area (Å²) in [5.41, 5.74) is 7.15. The predicted octanol–water partition coefficient (Wildman–Crippen LogP) is 3.34. The van der Waals surface area contributed by atoms with Crippen LogP contribution in [0.5, 0.6) is 0 Å². The van der Waals surface area contributed by atoms with Gasteiger partial charge >= 0.3 is 0 Å². The van der Waals surface area contributed by atoms with Crippen molar-refractivity contribution in [3.8, 4) is 0 Å². The zero-order chi connectivity index (χ0) is 13.8. The van der Waals surface area contributed by atoms with Crippen LogP contribution in [0.4, 0.5) is 4.39 Å². The quantitative estimate of drug-likeness (QED) is 0.903. The van der Waals surface area contributed by atoms with Gasteiger partial charge in [0.25, 0.3) is 0 Å². The molecule has 1 saturated heterocycles. The number of nitrogens with zero attached hydrogens (tertiary/aromatic N) is 1. The van der Waals surface area contributed by atoms with Crippen molar-refractivity contribution in [1.82, 2.24) is 4.90 Å². The summed E-state index contributed by atoms with van der Waals surface area (Å²) in [5.74, 6) is 0.594. The van der Waals surface area contributed by atoms with Gasteiger partial charge in [-0.15, -0.1) is 0 Å². The van der Waals surface area contributed by atoms with Crippen LogP contribution in [0.25, 0.3) is 0 Å². The second kappa shape index (κ2) is 6.49. The molecule has 2 N–H and O–H groups in total. The topological polar surface area (TPSA) is 29.3 Å². The first-order valence-electron chi connectivity index (χ1n) is 7.37. The van der Waals surface area contributed by atoms with Gasteiger partial charge in [-0.1, -0.05) is 26.0 Å². The maximum absolute atomic E-state index is 13.1. The molecular formula is C16H25FN2. The molecule has 0 aliphatic carbocycles. The second-order valence-corrected chi connectivity index (χ2v) is 5.73. The third-order valence-corrected chi connectivity index (χ3v) is 4.34. The van der Waals surface area contributed by atoms with E-state index in [0.717, 1.165) is 18.9 Å². The molecule has 2 rings (SSSR count). The number of piperidine rings is 1. The third-order valence-electron chi connectivity index (χ3n) is 4.34. The number of likely N-dealkylation sites (tertiary alicyclic amines) is 1. The first kappa shape index (κ1) is 14.5. The van der Waals surface area contributed by atoms with Crippen LogP contribution < -0.4 is 5.73 Å². The number of halogens is 1. The Kier molecular flexibility index (Phi) is 4.94. The van der Waals surface area contributed by atoms with E-state index in [1.165, 1.54) is 18.4 Å². The minimum Gasteiger partial charge on any atom is -0.329 e. The molecule has 0 bridgehead atoms. The monoisotopic (exact) mass is 264 g/mol. The fourth-order valence-electron chi connectivity index (χ4n) is 3.26. The van der Waals surface area contributed by atoms with Crippen molar-refractivity contribution in [3.63, 3.8) is 0 Å². The first-order valence-corrected chi connectivity index (χ1v) is 7.37. The lowest BCUT2D eigenvalue weighted by molar-refractivity contribution is 0.0733. The van der Waals surface area contributed by atoms with E-state index in [1.807, 2.05) is 12.1 Å². The highest BCUT2D eigenvalue weighted by atomic mass is 19.1. The van der Waals surface area contributed by atoms with Gasteiger partial charge < -0.3 is 5.73 Å². The second-order valence-electron chi connectivity index (χ2n) is 5.73. The lowest BCUT2D eigenvalue weighted by atomic mass is 9.89. The van der Waals surface area contributed by atoms with E-state index in [-0.39, 0.29) is 5.82 Å². The normalized spacial score (nSPS) is 26.3. The summed E-state index contributed by atoms with van der Waals surface area (Å²) in [5, 5.41) is 0. The van der Waals surface area contributed by atoms with E-state index < -0.39 is 0 Å². The van der Waals surface area contributed by atoms with Crippen molar-refractivity contribution in [2.75, 3.05) is 13.1 Å². The molecule has 3 unspecified atom stereocenters. The summed E-state index contributed by atoms with van der Waals surface area (Å²) in [6.45, 7) is 6.30. The van der Waals surface area contributed by atoms with Crippen LogP contribution in [0, 0.1) is 11.7 Å². The van der Waals surface area contributed by atoms with E-state index in [4.69, 9.17) is 5.73 Å². The average molecular weight is 264 g/mol. The van der Waals surface area contributed by atoms with Crippen LogP contribution in [-0.2, 0) is 0 Å². The minimum absolute atomic E-state index is 0.166. The van der Waals surface area contributed by atoms with Crippen LogP contribution >= 0.6 is 0 Å². The SMILES string of the molecule is CCC(c1ccc(F)cc1)N1CCC(C)CC1CN. The Hall–Kier alpha value is -0.930. The number of benzene rings is 1. The molecule has 3 atom stereocenters. The van der Waals surface area contributed by atoms with Gasteiger partial charge in [0.1, 0.15) is 5.82 Å². The maximum atomic E-state index is 13.1. The van der Waals surface area contributed by atoms with Crippen molar-refractivity contribution in [1.29, 1.82) is 0 Å². The Morgan fingerprint density at radius 2 is 2.05 bits per heavy atom. The van der Waals surface area contributed by atoms with Crippen LogP contribution in [0.2, 0.25) is 0 Å². The summed E-state index contributed by atoms with van der Waals surface area (Å²) >= 11 is 0. The molecular weight excluding hydrogens is 239 g/mol. The van der Waals surface area contributed by atoms with Gasteiger partial charge in [-0.05, 0) is 49.4 Å². The molecule has 3 heteroatoms. The Bertz CT molecular complexity index is 390. The zero-order valence-electron chi connectivity index (χ0n) is 12.0. The lowest BCUT2D eigenvalue weighted by Crippen LogP contribution is -2.47. The highest BCUT2D eigenvalue weighted by Crippen LogP contribution is 2.32. The van der Waals surface area contributed by atoms with E-state index in [0.29, 0.717) is 18.6 Å². The molecule has 1 heterocycles. The average Bonchev–Trinajstić information content (AvgIpc) is 2.43. The molecule has 0 radical (unpaired) electrons. The molecule has 2 nitrogen and oxygen atoms in total. The van der Waals surface area contributed by atoms with Crippen LogP contribution in [0.3, 0.4) is 0 Å². The fourth-order valence-corrected chi connectivity index (χ4v) is 3.26. The predicted molar refractivity (Wildman–Crippen MR) is 77.4 cm³/mol. The van der Waals surface area contributed by atoms with Gasteiger partial charge in [-0.3, -0.25) is 4.90 Å². The molecule has 0 spiro atoms. The molecule has 0 aromatic heterocycles. The van der Waals surface area contributed by atoms with Crippen molar-refractivity contribution < 1.29 is 4.39 Å². The molecule has 1 aromatic rings. The molecule has 19 heavy (non-hydrogen) atoms. The summed E-state index contributed by atoms with van der Waals surface area (Å²) in [7, 11) is 0. The van der Waals surface area contributed by atoms with Crippen LogP contribution in [0.1, 0.15) is 44.7 Å². The third kappa shape index (κ3) is 3.34. The lowest BCUT2D eigenvalue weighted by Gasteiger charge is -2.43. The summed E-state index contributed by atoms with van der Waals surface area (Å²) in [6, 6.07) is 7.76. The van der Waals surface area contributed by atoms with Gasteiger partial charge in [-0.2, -0.15) is 0 Å². The summed E-state index contributed by atoms with van der Waals surface area (Å²) in [4.78, 5) is 2.52. The van der Waals surface area contributed by atoms with E-state index in [9.17, 15) is 4.39 Å². The Balaban J connectivity index is 2.18. The van der Waals surface area contributed by atoms with Crippen LogP contribution in [0.15, 0.2) is 24.3 Å². The smallest absolute Gasteiger partial charge is 0.123 e. The molecule has 1 fully saturated rings. The van der Waals surface area contributed by atoms with Crippen molar-refractivity contribution in [3.05, 3.63) is 35.6 Å². The van der Waals surface area contributed by atoms with Crippen LogP contribution in [-0.4, -0.2) is 24.0 Å². The van der Waals surface area contributed by atoms with E-state index in [2.05, 4.69) is 18.7 Å². The van der Waals surface area contributed by atoms with Gasteiger partial charge in [0.15, 0.2) is 0 Å². The molecule has 106 valence electrons. The first-order chi connectivity index (χ1) is 9.15. The molecule has 0 amide bonds. The zero-order valence-corrected chi connectivity index (χ0v) is 12.0. The molecule has 1 aliphatic heterocycles.